The van der Waals surface area contributed by atoms with E-state index in [0.29, 0.717) is 26.1 Å². The van der Waals surface area contributed by atoms with Gasteiger partial charge in [-0.25, -0.2) is 9.18 Å². The molecule has 0 bridgehead atoms. The third-order valence-electron chi connectivity index (χ3n) is 6.47. The number of carbonyl (C=O) groups is 2. The second kappa shape index (κ2) is 14.9. The number of Topliss-reactive ketones (excluding diaryl/α,β-unsaturated/α-hetero) is 1. The number of rotatable bonds is 13. The van der Waals surface area contributed by atoms with Crippen molar-refractivity contribution in [3.8, 4) is 11.1 Å². The van der Waals surface area contributed by atoms with Gasteiger partial charge < -0.3 is 19.3 Å². The van der Waals surface area contributed by atoms with Gasteiger partial charge in [0.25, 0.3) is 0 Å². The van der Waals surface area contributed by atoms with Crippen LogP contribution in [0.3, 0.4) is 0 Å². The second-order valence-corrected chi connectivity index (χ2v) is 9.23. The van der Waals surface area contributed by atoms with E-state index in [0.717, 1.165) is 52.9 Å². The van der Waals surface area contributed by atoms with E-state index in [4.69, 9.17) is 19.2 Å². The van der Waals surface area contributed by atoms with E-state index in [-0.39, 0.29) is 31.6 Å². The van der Waals surface area contributed by atoms with Crippen molar-refractivity contribution in [3.05, 3.63) is 58.7 Å². The van der Waals surface area contributed by atoms with Crippen LogP contribution in [-0.4, -0.2) is 47.5 Å². The average molecular weight is 528 g/mol. The normalized spacial score (nSPS) is 16.5. The quantitative estimate of drug-likeness (QED) is 0.277. The number of benzene rings is 1. The van der Waals surface area contributed by atoms with Crippen molar-refractivity contribution in [2.45, 2.75) is 84.7 Å². The van der Waals surface area contributed by atoms with Crippen molar-refractivity contribution >= 4 is 17.8 Å². The summed E-state index contributed by atoms with van der Waals surface area (Å²) in [4.78, 5) is 28.5. The number of halogens is 1. The molecule has 2 unspecified atom stereocenters. The van der Waals surface area contributed by atoms with Crippen molar-refractivity contribution in [3.63, 3.8) is 0 Å². The summed E-state index contributed by atoms with van der Waals surface area (Å²) in [6.07, 6.45) is 6.47. The SMILES string of the molecule is CCOC(=O)C(=O)CC(O)CC=Cc1c(CC)nc(CC)c(COC2CCCCO2)c1-c1ccc(F)cc1. The van der Waals surface area contributed by atoms with Crippen molar-refractivity contribution in [2.24, 2.45) is 0 Å². The topological polar surface area (TPSA) is 95.0 Å². The zero-order valence-corrected chi connectivity index (χ0v) is 22.5. The van der Waals surface area contributed by atoms with E-state index in [1.165, 1.54) is 12.1 Å². The molecule has 1 N–H and O–H groups in total. The third-order valence-corrected chi connectivity index (χ3v) is 6.47. The molecule has 38 heavy (non-hydrogen) atoms. The van der Waals surface area contributed by atoms with Gasteiger partial charge in [-0.2, -0.15) is 0 Å². The summed E-state index contributed by atoms with van der Waals surface area (Å²) in [5.41, 5.74) is 5.28. The van der Waals surface area contributed by atoms with Gasteiger partial charge in [0.05, 0.1) is 19.3 Å². The molecule has 8 heteroatoms. The number of hydrogen-bond acceptors (Lipinski definition) is 7. The number of aliphatic hydroxyl groups is 1. The lowest BCUT2D eigenvalue weighted by atomic mass is 9.90. The highest BCUT2D eigenvalue weighted by molar-refractivity contribution is 6.33. The molecule has 0 amide bonds. The Balaban J connectivity index is 1.96. The zero-order chi connectivity index (χ0) is 27.5. The molecule has 1 aromatic carbocycles. The van der Waals surface area contributed by atoms with Gasteiger partial charge in [0.15, 0.2) is 6.29 Å². The van der Waals surface area contributed by atoms with Crippen LogP contribution in [-0.2, 0) is 43.2 Å². The highest BCUT2D eigenvalue weighted by atomic mass is 19.1. The van der Waals surface area contributed by atoms with Crippen LogP contribution < -0.4 is 0 Å². The first-order chi connectivity index (χ1) is 18.4. The minimum Gasteiger partial charge on any atom is -0.460 e. The molecule has 1 fully saturated rings. The van der Waals surface area contributed by atoms with Gasteiger partial charge in [-0.05, 0) is 68.7 Å². The van der Waals surface area contributed by atoms with Crippen LogP contribution in [0.4, 0.5) is 4.39 Å². The van der Waals surface area contributed by atoms with Gasteiger partial charge in [0, 0.05) is 35.5 Å². The van der Waals surface area contributed by atoms with Gasteiger partial charge in [-0.15, -0.1) is 0 Å². The lowest BCUT2D eigenvalue weighted by Gasteiger charge is -2.25. The van der Waals surface area contributed by atoms with Crippen molar-refractivity contribution in [1.82, 2.24) is 4.98 Å². The summed E-state index contributed by atoms with van der Waals surface area (Å²) < 4.78 is 30.5. The predicted octanol–water partition coefficient (Wildman–Crippen LogP) is 5.34. The average Bonchev–Trinajstić information content (AvgIpc) is 2.92. The number of hydrogen-bond donors (Lipinski definition) is 1. The Morgan fingerprint density at radius 2 is 1.89 bits per heavy atom. The molecular weight excluding hydrogens is 489 g/mol. The van der Waals surface area contributed by atoms with Crippen LogP contribution in [0.1, 0.15) is 75.4 Å². The van der Waals surface area contributed by atoms with Gasteiger partial charge in [0.2, 0.25) is 5.78 Å². The molecule has 1 aromatic heterocycles. The minimum atomic E-state index is -1.03. The van der Waals surface area contributed by atoms with Gasteiger partial charge in [0.1, 0.15) is 5.82 Å². The highest BCUT2D eigenvalue weighted by Crippen LogP contribution is 2.34. The van der Waals surface area contributed by atoms with Crippen molar-refractivity contribution < 1.29 is 33.3 Å². The van der Waals surface area contributed by atoms with Crippen LogP contribution in [0, 0.1) is 5.82 Å². The van der Waals surface area contributed by atoms with Crippen LogP contribution in [0.25, 0.3) is 17.2 Å². The predicted molar refractivity (Wildman–Crippen MR) is 143 cm³/mol. The number of carbonyl (C=O) groups excluding carboxylic acids is 2. The molecule has 1 saturated heterocycles. The Morgan fingerprint density at radius 1 is 1.16 bits per heavy atom. The van der Waals surface area contributed by atoms with Crippen LogP contribution >= 0.6 is 0 Å². The first-order valence-corrected chi connectivity index (χ1v) is 13.5. The first-order valence-electron chi connectivity index (χ1n) is 13.5. The molecule has 7 nitrogen and oxygen atoms in total. The van der Waals surface area contributed by atoms with E-state index in [1.807, 2.05) is 19.9 Å². The van der Waals surface area contributed by atoms with E-state index in [2.05, 4.69) is 0 Å². The van der Waals surface area contributed by atoms with E-state index in [1.54, 1.807) is 25.1 Å². The number of nitrogens with zero attached hydrogens (tertiary/aromatic N) is 1. The maximum Gasteiger partial charge on any atom is 0.374 e. The second-order valence-electron chi connectivity index (χ2n) is 9.23. The largest absolute Gasteiger partial charge is 0.460 e. The first kappa shape index (κ1) is 29.6. The number of ketones is 1. The Bertz CT molecular complexity index is 1110. The fourth-order valence-corrected chi connectivity index (χ4v) is 4.54. The molecule has 3 rings (SSSR count). The molecule has 2 aromatic rings. The monoisotopic (exact) mass is 527 g/mol. The Labute approximate surface area is 224 Å². The Hall–Kier alpha value is -2.94. The number of pyridine rings is 1. The fraction of sp³-hybridized carbons (Fsp3) is 0.500. The smallest absolute Gasteiger partial charge is 0.374 e. The number of esters is 1. The van der Waals surface area contributed by atoms with Gasteiger partial charge in [-0.3, -0.25) is 9.78 Å². The van der Waals surface area contributed by atoms with Crippen LogP contribution in [0.5, 0.6) is 0 Å². The molecule has 2 heterocycles. The van der Waals surface area contributed by atoms with E-state index >= 15 is 0 Å². The number of aryl methyl sites for hydroxylation is 2. The fourth-order valence-electron chi connectivity index (χ4n) is 4.54. The third kappa shape index (κ3) is 8.03. The minimum absolute atomic E-state index is 0.103. The molecule has 0 radical (unpaired) electrons. The molecule has 2 atom stereocenters. The van der Waals surface area contributed by atoms with E-state index in [9.17, 15) is 19.1 Å². The Morgan fingerprint density at radius 3 is 2.53 bits per heavy atom. The Kier molecular flexibility index (Phi) is 11.6. The maximum atomic E-state index is 13.8. The van der Waals surface area contributed by atoms with Crippen LogP contribution in [0.15, 0.2) is 30.3 Å². The summed E-state index contributed by atoms with van der Waals surface area (Å²) in [6, 6.07) is 6.35. The molecule has 0 aliphatic carbocycles. The molecule has 206 valence electrons. The maximum absolute atomic E-state index is 13.8. The summed E-state index contributed by atoms with van der Waals surface area (Å²) in [5, 5.41) is 10.4. The lowest BCUT2D eigenvalue weighted by Crippen LogP contribution is -2.23. The number of ether oxygens (including phenoxy) is 3. The lowest BCUT2D eigenvalue weighted by molar-refractivity contribution is -0.169. The molecule has 1 aliphatic heterocycles. The molecule has 0 saturated carbocycles. The number of aliphatic hydroxyl groups excluding tert-OH is 1. The molecular formula is C30H38FNO6. The van der Waals surface area contributed by atoms with Crippen molar-refractivity contribution in [1.29, 1.82) is 0 Å². The standard InChI is InChI=1S/C30H38FNO6/c1-4-25-23(11-9-10-22(33)18-27(34)30(35)36-6-3)29(20-13-15-21(31)16-14-20)24(26(5-2)32-25)19-38-28-12-7-8-17-37-28/h9,11,13-16,22,28,33H,4-8,10,12,17-19H2,1-3H3. The number of aromatic nitrogens is 1. The summed E-state index contributed by atoms with van der Waals surface area (Å²) in [7, 11) is 0. The van der Waals surface area contributed by atoms with Gasteiger partial charge in [-0.1, -0.05) is 38.1 Å². The zero-order valence-electron chi connectivity index (χ0n) is 22.5. The molecule has 1 aliphatic rings. The highest BCUT2D eigenvalue weighted by Gasteiger charge is 2.22. The summed E-state index contributed by atoms with van der Waals surface area (Å²) in [6.45, 7) is 6.77. The molecule has 0 spiro atoms. The van der Waals surface area contributed by atoms with Gasteiger partial charge >= 0.3 is 5.97 Å². The summed E-state index contributed by atoms with van der Waals surface area (Å²) >= 11 is 0. The van der Waals surface area contributed by atoms with Crippen LogP contribution in [0.2, 0.25) is 0 Å². The summed E-state index contributed by atoms with van der Waals surface area (Å²) in [5.74, 6) is -2.02. The van der Waals surface area contributed by atoms with E-state index < -0.39 is 17.9 Å². The van der Waals surface area contributed by atoms with Crippen molar-refractivity contribution in [2.75, 3.05) is 13.2 Å².